The van der Waals surface area contributed by atoms with Crippen LogP contribution in [0.25, 0.3) is 10.9 Å². The molecule has 4 rings (SSSR count). The third kappa shape index (κ3) is 4.87. The molecular formula is C24H25N3O6S. The lowest BCUT2D eigenvalue weighted by Crippen LogP contribution is -2.53. The summed E-state index contributed by atoms with van der Waals surface area (Å²) in [5.74, 6) is -0.764. The van der Waals surface area contributed by atoms with Crippen molar-refractivity contribution in [3.63, 3.8) is 0 Å². The second-order valence-corrected chi connectivity index (χ2v) is 10.2. The monoisotopic (exact) mass is 483 g/mol. The van der Waals surface area contributed by atoms with Crippen molar-refractivity contribution < 1.29 is 27.5 Å². The minimum absolute atomic E-state index is 0.0239. The summed E-state index contributed by atoms with van der Waals surface area (Å²) in [6, 6.07) is 15.0. The van der Waals surface area contributed by atoms with E-state index in [-0.39, 0.29) is 17.9 Å². The number of amides is 3. The Balaban J connectivity index is 1.50. The molecule has 1 saturated heterocycles. The molecule has 0 spiro atoms. The molecule has 3 aromatic rings. The van der Waals surface area contributed by atoms with Crippen molar-refractivity contribution in [1.29, 1.82) is 0 Å². The first-order valence-electron chi connectivity index (χ1n) is 10.7. The molecule has 1 aromatic heterocycles. The van der Waals surface area contributed by atoms with Crippen LogP contribution >= 0.6 is 0 Å². The standard InChI is InChI=1S/C24H25N3O6S/c1-16-13-17(20-5-3-4-6-21(20)25-16)14-33-18-7-9-19(10-8-18)34(30,31)15-24(11-12-32-2)22(28)26-23(29)27-24/h3-10,13H,11-12,14-15H2,1-2H3,(H2,26,27,28,29). The Bertz CT molecular complexity index is 1340. The maximum Gasteiger partial charge on any atom is 0.322 e. The first-order valence-corrected chi connectivity index (χ1v) is 12.3. The van der Waals surface area contributed by atoms with E-state index >= 15 is 0 Å². The summed E-state index contributed by atoms with van der Waals surface area (Å²) in [6.07, 6.45) is 0.0286. The van der Waals surface area contributed by atoms with Crippen molar-refractivity contribution in [1.82, 2.24) is 15.6 Å². The number of carbonyl (C=O) groups excluding carboxylic acids is 2. The molecule has 1 unspecified atom stereocenters. The van der Waals surface area contributed by atoms with Crippen LogP contribution < -0.4 is 15.4 Å². The van der Waals surface area contributed by atoms with Gasteiger partial charge in [0.1, 0.15) is 17.9 Å². The number of ether oxygens (including phenoxy) is 2. The van der Waals surface area contributed by atoms with Crippen LogP contribution in [0.5, 0.6) is 5.75 Å². The summed E-state index contributed by atoms with van der Waals surface area (Å²) in [5.41, 5.74) is 1.15. The SMILES string of the molecule is COCCC1(CS(=O)(=O)c2ccc(OCc3cc(C)nc4ccccc34)cc2)NC(=O)NC1=O. The lowest BCUT2D eigenvalue weighted by molar-refractivity contribution is -0.123. The Morgan fingerprint density at radius 3 is 2.47 bits per heavy atom. The van der Waals surface area contributed by atoms with Gasteiger partial charge in [-0.2, -0.15) is 0 Å². The number of aromatic nitrogens is 1. The molecule has 10 heteroatoms. The maximum absolute atomic E-state index is 13.1. The number of rotatable bonds is 9. The lowest BCUT2D eigenvalue weighted by Gasteiger charge is -2.25. The van der Waals surface area contributed by atoms with Gasteiger partial charge >= 0.3 is 6.03 Å². The second kappa shape index (κ2) is 9.40. The highest BCUT2D eigenvalue weighted by Gasteiger charge is 2.49. The summed E-state index contributed by atoms with van der Waals surface area (Å²) in [7, 11) is -2.47. The Morgan fingerprint density at radius 2 is 1.79 bits per heavy atom. The van der Waals surface area contributed by atoms with Crippen molar-refractivity contribution in [2.45, 2.75) is 30.4 Å². The number of nitrogens with one attached hydrogen (secondary N) is 2. The van der Waals surface area contributed by atoms with Gasteiger partial charge in [-0.15, -0.1) is 0 Å². The number of sulfone groups is 1. The smallest absolute Gasteiger partial charge is 0.322 e. The van der Waals surface area contributed by atoms with Crippen molar-refractivity contribution in [3.05, 3.63) is 65.9 Å². The Kier molecular flexibility index (Phi) is 6.54. The summed E-state index contributed by atoms with van der Waals surface area (Å²) in [6.45, 7) is 2.32. The van der Waals surface area contributed by atoms with Gasteiger partial charge in [0.25, 0.3) is 5.91 Å². The fourth-order valence-corrected chi connectivity index (χ4v) is 5.69. The predicted octanol–water partition coefficient (Wildman–Crippen LogP) is 2.51. The van der Waals surface area contributed by atoms with Gasteiger partial charge < -0.3 is 14.8 Å². The van der Waals surface area contributed by atoms with E-state index in [4.69, 9.17) is 9.47 Å². The molecule has 0 bridgehead atoms. The maximum atomic E-state index is 13.1. The number of carbonyl (C=O) groups is 2. The number of urea groups is 1. The van der Waals surface area contributed by atoms with Gasteiger partial charge in [0.15, 0.2) is 9.84 Å². The number of methoxy groups -OCH3 is 1. The minimum Gasteiger partial charge on any atom is -0.489 e. The highest BCUT2D eigenvalue weighted by molar-refractivity contribution is 7.91. The molecule has 2 aromatic carbocycles. The van der Waals surface area contributed by atoms with Gasteiger partial charge in [0, 0.05) is 36.8 Å². The summed E-state index contributed by atoms with van der Waals surface area (Å²) in [5, 5.41) is 5.56. The van der Waals surface area contributed by atoms with Crippen LogP contribution in [0.1, 0.15) is 17.7 Å². The molecule has 0 saturated carbocycles. The van der Waals surface area contributed by atoms with E-state index in [0.29, 0.717) is 12.4 Å². The van der Waals surface area contributed by atoms with Crippen molar-refractivity contribution in [2.24, 2.45) is 0 Å². The average molecular weight is 484 g/mol. The fourth-order valence-electron chi connectivity index (χ4n) is 3.98. The van der Waals surface area contributed by atoms with E-state index in [0.717, 1.165) is 22.2 Å². The molecule has 2 N–H and O–H groups in total. The predicted molar refractivity (Wildman–Crippen MR) is 125 cm³/mol. The van der Waals surface area contributed by atoms with Crippen LogP contribution in [0.15, 0.2) is 59.5 Å². The molecule has 1 atom stereocenters. The summed E-state index contributed by atoms with van der Waals surface area (Å²) in [4.78, 5) is 28.6. The van der Waals surface area contributed by atoms with Gasteiger partial charge in [-0.3, -0.25) is 15.1 Å². The van der Waals surface area contributed by atoms with Crippen LogP contribution in [0.2, 0.25) is 0 Å². The van der Waals surface area contributed by atoms with Crippen molar-refractivity contribution in [3.8, 4) is 5.75 Å². The van der Waals surface area contributed by atoms with Gasteiger partial charge in [0.05, 0.1) is 16.2 Å². The Morgan fingerprint density at radius 1 is 1.06 bits per heavy atom. The molecule has 34 heavy (non-hydrogen) atoms. The Hall–Kier alpha value is -3.50. The molecule has 1 aliphatic rings. The zero-order valence-corrected chi connectivity index (χ0v) is 19.6. The first kappa shape index (κ1) is 23.7. The highest BCUT2D eigenvalue weighted by Crippen LogP contribution is 2.25. The average Bonchev–Trinajstić information content (AvgIpc) is 3.08. The molecular weight excluding hydrogens is 458 g/mol. The molecule has 178 valence electrons. The molecule has 0 aliphatic carbocycles. The summed E-state index contributed by atoms with van der Waals surface area (Å²) < 4.78 is 37.0. The van der Waals surface area contributed by atoms with Gasteiger partial charge in [0.2, 0.25) is 0 Å². The number of nitrogens with zero attached hydrogens (tertiary/aromatic N) is 1. The van der Waals surface area contributed by atoms with E-state index in [1.54, 1.807) is 12.1 Å². The van der Waals surface area contributed by atoms with Crippen molar-refractivity contribution in [2.75, 3.05) is 19.5 Å². The van der Waals surface area contributed by atoms with E-state index in [1.807, 2.05) is 37.3 Å². The molecule has 1 fully saturated rings. The van der Waals surface area contributed by atoms with Gasteiger partial charge in [-0.05, 0) is 43.3 Å². The number of pyridine rings is 1. The molecule has 3 amide bonds. The van der Waals surface area contributed by atoms with Gasteiger partial charge in [-0.25, -0.2) is 13.2 Å². The minimum atomic E-state index is -3.90. The van der Waals surface area contributed by atoms with Crippen LogP contribution in [-0.4, -0.2) is 50.3 Å². The number of aryl methyl sites for hydroxylation is 1. The topological polar surface area (TPSA) is 124 Å². The number of imide groups is 1. The molecule has 0 radical (unpaired) electrons. The van der Waals surface area contributed by atoms with E-state index in [9.17, 15) is 18.0 Å². The number of fused-ring (bicyclic) bond motifs is 1. The lowest BCUT2D eigenvalue weighted by atomic mass is 9.99. The largest absolute Gasteiger partial charge is 0.489 e. The number of para-hydroxylation sites is 1. The Labute approximate surface area is 197 Å². The first-order chi connectivity index (χ1) is 16.2. The third-order valence-corrected chi connectivity index (χ3v) is 7.55. The third-order valence-electron chi connectivity index (χ3n) is 5.69. The van der Waals surface area contributed by atoms with Crippen LogP contribution in [0, 0.1) is 6.92 Å². The second-order valence-electron chi connectivity index (χ2n) is 8.19. The van der Waals surface area contributed by atoms with Gasteiger partial charge in [-0.1, -0.05) is 18.2 Å². The fraction of sp³-hybridized carbons (Fsp3) is 0.292. The van der Waals surface area contributed by atoms with E-state index in [1.165, 1.54) is 19.2 Å². The van der Waals surface area contributed by atoms with E-state index < -0.39 is 33.1 Å². The highest BCUT2D eigenvalue weighted by atomic mass is 32.2. The van der Waals surface area contributed by atoms with Crippen LogP contribution in [0.3, 0.4) is 0 Å². The molecule has 9 nitrogen and oxygen atoms in total. The molecule has 2 heterocycles. The number of benzene rings is 2. The van der Waals surface area contributed by atoms with E-state index in [2.05, 4.69) is 15.6 Å². The van der Waals surface area contributed by atoms with Crippen LogP contribution in [-0.2, 0) is 26.0 Å². The molecule has 1 aliphatic heterocycles. The zero-order valence-electron chi connectivity index (χ0n) is 18.8. The number of hydrogen-bond acceptors (Lipinski definition) is 7. The normalized spacial score (nSPS) is 18.1. The van der Waals surface area contributed by atoms with Crippen molar-refractivity contribution >= 4 is 32.7 Å². The zero-order chi connectivity index (χ0) is 24.3. The number of hydrogen-bond donors (Lipinski definition) is 2. The van der Waals surface area contributed by atoms with Crippen LogP contribution in [0.4, 0.5) is 4.79 Å². The quantitative estimate of drug-likeness (QED) is 0.448. The summed E-state index contributed by atoms with van der Waals surface area (Å²) >= 11 is 0.